The molecule has 0 bridgehead atoms. The molecular formula is C17H28N2O. The number of benzene rings is 1. The van der Waals surface area contributed by atoms with Crippen LogP contribution in [0.2, 0.25) is 0 Å². The van der Waals surface area contributed by atoms with Crippen LogP contribution in [0.25, 0.3) is 0 Å². The van der Waals surface area contributed by atoms with Crippen molar-refractivity contribution in [1.82, 2.24) is 10.2 Å². The predicted molar refractivity (Wildman–Crippen MR) is 84.9 cm³/mol. The van der Waals surface area contributed by atoms with E-state index in [1.165, 1.54) is 16.7 Å². The highest BCUT2D eigenvalue weighted by Gasteiger charge is 2.20. The average molecular weight is 276 g/mol. The fourth-order valence-electron chi connectivity index (χ4n) is 2.57. The lowest BCUT2D eigenvalue weighted by atomic mass is 9.99. The first kappa shape index (κ1) is 16.7. The highest BCUT2D eigenvalue weighted by Crippen LogP contribution is 2.19. The third-order valence-corrected chi connectivity index (χ3v) is 3.85. The Bertz CT molecular complexity index is 452. The standard InChI is InChI=1S/C17H28N2O/c1-7-19(8-2)17(20)15(6)18-14(5)16-11-12(3)9-10-13(16)4/h9-11,14-15,18H,7-8H2,1-6H3. The topological polar surface area (TPSA) is 32.3 Å². The lowest BCUT2D eigenvalue weighted by molar-refractivity contribution is -0.132. The lowest BCUT2D eigenvalue weighted by Crippen LogP contribution is -2.45. The van der Waals surface area contributed by atoms with Crippen LogP contribution in [0.15, 0.2) is 18.2 Å². The molecule has 1 amide bonds. The molecule has 1 aromatic rings. The Balaban J connectivity index is 2.77. The summed E-state index contributed by atoms with van der Waals surface area (Å²) in [7, 11) is 0. The number of carbonyl (C=O) groups excluding carboxylic acids is 1. The average Bonchev–Trinajstić information content (AvgIpc) is 2.42. The van der Waals surface area contributed by atoms with Crippen LogP contribution in [-0.4, -0.2) is 29.9 Å². The van der Waals surface area contributed by atoms with E-state index in [4.69, 9.17) is 0 Å². The largest absolute Gasteiger partial charge is 0.342 e. The van der Waals surface area contributed by atoms with E-state index in [0.717, 1.165) is 13.1 Å². The Morgan fingerprint density at radius 3 is 2.35 bits per heavy atom. The minimum absolute atomic E-state index is 0.162. The van der Waals surface area contributed by atoms with Gasteiger partial charge in [-0.1, -0.05) is 23.8 Å². The van der Waals surface area contributed by atoms with Gasteiger partial charge < -0.3 is 4.90 Å². The van der Waals surface area contributed by atoms with Gasteiger partial charge in [-0.05, 0) is 52.7 Å². The zero-order chi connectivity index (χ0) is 15.3. The number of nitrogens with one attached hydrogen (secondary N) is 1. The van der Waals surface area contributed by atoms with Crippen LogP contribution in [-0.2, 0) is 4.79 Å². The van der Waals surface area contributed by atoms with Gasteiger partial charge in [0.05, 0.1) is 6.04 Å². The monoisotopic (exact) mass is 276 g/mol. The minimum Gasteiger partial charge on any atom is -0.342 e. The highest BCUT2D eigenvalue weighted by atomic mass is 16.2. The van der Waals surface area contributed by atoms with Crippen LogP contribution in [0.5, 0.6) is 0 Å². The maximum absolute atomic E-state index is 12.3. The highest BCUT2D eigenvalue weighted by molar-refractivity contribution is 5.81. The van der Waals surface area contributed by atoms with E-state index in [-0.39, 0.29) is 18.0 Å². The van der Waals surface area contributed by atoms with Crippen LogP contribution in [0, 0.1) is 13.8 Å². The van der Waals surface area contributed by atoms with Crippen molar-refractivity contribution in [2.24, 2.45) is 0 Å². The van der Waals surface area contributed by atoms with Gasteiger partial charge >= 0.3 is 0 Å². The van der Waals surface area contributed by atoms with E-state index in [1.807, 2.05) is 25.7 Å². The second-order valence-electron chi connectivity index (χ2n) is 5.48. The maximum atomic E-state index is 12.3. The van der Waals surface area contributed by atoms with Crippen LogP contribution >= 0.6 is 0 Å². The Morgan fingerprint density at radius 1 is 1.20 bits per heavy atom. The molecule has 0 saturated heterocycles. The van der Waals surface area contributed by atoms with Gasteiger partial charge in [-0.2, -0.15) is 0 Å². The molecule has 0 aliphatic heterocycles. The van der Waals surface area contributed by atoms with Crippen LogP contribution < -0.4 is 5.32 Å². The summed E-state index contributed by atoms with van der Waals surface area (Å²) in [5, 5.41) is 3.42. The minimum atomic E-state index is -0.162. The molecular weight excluding hydrogens is 248 g/mol. The van der Waals surface area contributed by atoms with Crippen molar-refractivity contribution < 1.29 is 4.79 Å². The number of aryl methyl sites for hydroxylation is 2. The molecule has 0 aliphatic carbocycles. The van der Waals surface area contributed by atoms with Crippen molar-refractivity contribution in [2.45, 2.75) is 53.6 Å². The SMILES string of the molecule is CCN(CC)C(=O)C(C)NC(C)c1cc(C)ccc1C. The Morgan fingerprint density at radius 2 is 1.80 bits per heavy atom. The van der Waals surface area contributed by atoms with Crippen molar-refractivity contribution in [2.75, 3.05) is 13.1 Å². The molecule has 0 aromatic heterocycles. The van der Waals surface area contributed by atoms with Crippen molar-refractivity contribution in [1.29, 1.82) is 0 Å². The molecule has 3 nitrogen and oxygen atoms in total. The van der Waals surface area contributed by atoms with Crippen molar-refractivity contribution in [3.8, 4) is 0 Å². The smallest absolute Gasteiger partial charge is 0.239 e. The normalized spacial score (nSPS) is 13.9. The van der Waals surface area contributed by atoms with Gasteiger partial charge in [0, 0.05) is 19.1 Å². The van der Waals surface area contributed by atoms with Gasteiger partial charge in [-0.25, -0.2) is 0 Å². The summed E-state index contributed by atoms with van der Waals surface area (Å²) >= 11 is 0. The summed E-state index contributed by atoms with van der Waals surface area (Å²) in [4.78, 5) is 14.2. The van der Waals surface area contributed by atoms with Gasteiger partial charge in [-0.15, -0.1) is 0 Å². The van der Waals surface area contributed by atoms with Crippen LogP contribution in [0.3, 0.4) is 0 Å². The lowest BCUT2D eigenvalue weighted by Gasteiger charge is -2.26. The molecule has 0 saturated carbocycles. The second kappa shape index (κ2) is 7.44. The van der Waals surface area contributed by atoms with Crippen molar-refractivity contribution in [3.05, 3.63) is 34.9 Å². The first-order valence-corrected chi connectivity index (χ1v) is 7.52. The summed E-state index contributed by atoms with van der Waals surface area (Å²) in [5.74, 6) is 0.173. The fraction of sp³-hybridized carbons (Fsp3) is 0.588. The number of rotatable bonds is 6. The molecule has 3 heteroatoms. The molecule has 0 fully saturated rings. The Hall–Kier alpha value is -1.35. The third-order valence-electron chi connectivity index (χ3n) is 3.85. The first-order valence-electron chi connectivity index (χ1n) is 7.52. The maximum Gasteiger partial charge on any atom is 0.239 e. The molecule has 20 heavy (non-hydrogen) atoms. The first-order chi connectivity index (χ1) is 9.40. The quantitative estimate of drug-likeness (QED) is 0.865. The molecule has 0 heterocycles. The van der Waals surface area contributed by atoms with Gasteiger partial charge in [0.25, 0.3) is 0 Å². The van der Waals surface area contributed by atoms with E-state index in [2.05, 4.69) is 44.3 Å². The molecule has 0 spiro atoms. The van der Waals surface area contributed by atoms with Gasteiger partial charge in [-0.3, -0.25) is 10.1 Å². The van der Waals surface area contributed by atoms with E-state index >= 15 is 0 Å². The number of hydrogen-bond donors (Lipinski definition) is 1. The third kappa shape index (κ3) is 4.07. The number of hydrogen-bond acceptors (Lipinski definition) is 2. The van der Waals surface area contributed by atoms with E-state index in [9.17, 15) is 4.79 Å². The summed E-state index contributed by atoms with van der Waals surface area (Å²) in [6.45, 7) is 13.8. The van der Waals surface area contributed by atoms with E-state index in [0.29, 0.717) is 0 Å². The summed E-state index contributed by atoms with van der Waals surface area (Å²) in [6.07, 6.45) is 0. The van der Waals surface area contributed by atoms with Gasteiger partial charge in [0.1, 0.15) is 0 Å². The van der Waals surface area contributed by atoms with Gasteiger partial charge in [0.15, 0.2) is 0 Å². The van der Waals surface area contributed by atoms with Crippen molar-refractivity contribution in [3.63, 3.8) is 0 Å². The molecule has 2 unspecified atom stereocenters. The summed E-state index contributed by atoms with van der Waals surface area (Å²) < 4.78 is 0. The number of amides is 1. The number of likely N-dealkylation sites (N-methyl/N-ethyl adjacent to an activating group) is 1. The zero-order valence-electron chi connectivity index (χ0n) is 13.7. The van der Waals surface area contributed by atoms with E-state index in [1.54, 1.807) is 0 Å². The molecule has 1 N–H and O–H groups in total. The fourth-order valence-corrected chi connectivity index (χ4v) is 2.57. The van der Waals surface area contributed by atoms with Gasteiger partial charge in [0.2, 0.25) is 5.91 Å². The van der Waals surface area contributed by atoms with Crippen molar-refractivity contribution >= 4 is 5.91 Å². The summed E-state index contributed by atoms with van der Waals surface area (Å²) in [6, 6.07) is 6.46. The van der Waals surface area contributed by atoms with Crippen LogP contribution in [0.1, 0.15) is 50.4 Å². The molecule has 2 atom stereocenters. The Labute approximate surface area is 123 Å². The predicted octanol–water partition coefficient (Wildman–Crippen LogP) is 3.21. The second-order valence-corrected chi connectivity index (χ2v) is 5.48. The summed E-state index contributed by atoms with van der Waals surface area (Å²) in [5.41, 5.74) is 3.78. The van der Waals surface area contributed by atoms with E-state index < -0.39 is 0 Å². The number of carbonyl (C=O) groups is 1. The Kier molecular flexibility index (Phi) is 6.21. The molecule has 0 aliphatic rings. The van der Waals surface area contributed by atoms with Crippen LogP contribution in [0.4, 0.5) is 0 Å². The molecule has 112 valence electrons. The molecule has 0 radical (unpaired) electrons. The zero-order valence-corrected chi connectivity index (χ0v) is 13.7. The molecule has 1 aromatic carbocycles. The number of nitrogens with zero attached hydrogens (tertiary/aromatic N) is 1. The molecule has 1 rings (SSSR count).